The van der Waals surface area contributed by atoms with Gasteiger partial charge in [0.25, 0.3) is 17.6 Å². The van der Waals surface area contributed by atoms with Crippen LogP contribution in [0.1, 0.15) is 48.5 Å². The molecule has 0 radical (unpaired) electrons. The first-order chi connectivity index (χ1) is 24.7. The van der Waals surface area contributed by atoms with Crippen molar-refractivity contribution < 1.29 is 39.1 Å². The molecular weight excluding hydrogens is 676 g/mol. The molecule has 1 fully saturated rings. The van der Waals surface area contributed by atoms with Gasteiger partial charge in [-0.1, -0.05) is 48.5 Å². The zero-order chi connectivity index (χ0) is 38.6. The van der Waals surface area contributed by atoms with Gasteiger partial charge in [-0.15, -0.1) is 0 Å². The molecule has 3 amide bonds. The first kappa shape index (κ1) is 41.7. The van der Waals surface area contributed by atoms with Crippen LogP contribution in [0.3, 0.4) is 0 Å². The number of non-ortho nitro benzene ring substituents is 1. The normalized spacial score (nSPS) is 14.1. The fourth-order valence-electron chi connectivity index (χ4n) is 5.01. The number of nitro groups is 1. The van der Waals surface area contributed by atoms with Crippen molar-refractivity contribution in [1.82, 2.24) is 20.9 Å². The Bertz CT molecular complexity index is 1650. The van der Waals surface area contributed by atoms with Gasteiger partial charge in [-0.25, -0.2) is 4.79 Å². The maximum atomic E-state index is 13.3. The van der Waals surface area contributed by atoms with Crippen molar-refractivity contribution in [3.05, 3.63) is 106 Å². The van der Waals surface area contributed by atoms with Crippen molar-refractivity contribution in [1.29, 1.82) is 5.41 Å². The lowest BCUT2D eigenvalue weighted by Crippen LogP contribution is -2.56. The predicted octanol–water partition coefficient (Wildman–Crippen LogP) is 2.12. The molecule has 17 heteroatoms. The summed E-state index contributed by atoms with van der Waals surface area (Å²) in [5.41, 5.74) is 12.4. The predicted molar refractivity (Wildman–Crippen MR) is 192 cm³/mol. The molecule has 2 unspecified atom stereocenters. The third-order valence-electron chi connectivity index (χ3n) is 7.46. The Balaban J connectivity index is 0.000000558. The number of nitrogens with one attached hydrogen (secondary N) is 4. The number of anilines is 1. The summed E-state index contributed by atoms with van der Waals surface area (Å²) in [6.07, 6.45) is 1.73. The first-order valence-corrected chi connectivity index (χ1v) is 16.2. The minimum Gasteiger partial charge on any atom is -0.481 e. The van der Waals surface area contributed by atoms with Crippen LogP contribution in [-0.2, 0) is 25.6 Å². The van der Waals surface area contributed by atoms with E-state index in [9.17, 15) is 34.4 Å². The zero-order valence-electron chi connectivity index (χ0n) is 28.6. The Labute approximate surface area is 300 Å². The van der Waals surface area contributed by atoms with Crippen LogP contribution < -0.4 is 27.4 Å². The van der Waals surface area contributed by atoms with Gasteiger partial charge in [0.1, 0.15) is 18.1 Å². The number of nitrogen functional groups attached to an aromatic ring is 1. The molecule has 0 bridgehead atoms. The smallest absolute Gasteiger partial charge is 0.326 e. The zero-order valence-corrected chi connectivity index (χ0v) is 28.6. The van der Waals surface area contributed by atoms with Gasteiger partial charge < -0.3 is 42.5 Å². The molecule has 1 aliphatic heterocycles. The number of hydrogen-bond donors (Lipinski definition) is 8. The molecule has 1 heterocycles. The van der Waals surface area contributed by atoms with Gasteiger partial charge in [-0.2, -0.15) is 0 Å². The van der Waals surface area contributed by atoms with Gasteiger partial charge >= 0.3 is 5.97 Å². The third kappa shape index (κ3) is 14.9. The standard InChI is InChI=1S/C27H34N6O5.C6H6N2O2.C2H4O2/c28-27(29)30-15-7-13-20(26(37)38)31-23(34)21(17-18-9-3-1-4-10-18)32-24(35)22-14-8-16-33(22)25(36)19-11-5-2-6-12-19;7-5-1-3-6(4-2-5)8(9)10;1-2(3)4/h1-6,9-12,20-22H,7-8,13-17H2,(H,31,34)(H,32,35)(H,37,38)(H4,28,29,30);1-4H,7H2;1H3,(H,3,4)/t20?,21?,22-;;/m0../s1. The summed E-state index contributed by atoms with van der Waals surface area (Å²) in [5.74, 6) is -3.61. The molecule has 3 atom stereocenters. The summed E-state index contributed by atoms with van der Waals surface area (Å²) in [6.45, 7) is 1.79. The van der Waals surface area contributed by atoms with E-state index in [1.165, 1.54) is 29.2 Å². The van der Waals surface area contributed by atoms with Crippen LogP contribution in [0.4, 0.5) is 11.4 Å². The van der Waals surface area contributed by atoms with Gasteiger partial charge in [-0.3, -0.25) is 34.7 Å². The van der Waals surface area contributed by atoms with E-state index >= 15 is 0 Å². The second-order valence-electron chi connectivity index (χ2n) is 11.5. The topological polar surface area (TPSA) is 284 Å². The van der Waals surface area contributed by atoms with Crippen molar-refractivity contribution >= 4 is 47.0 Å². The van der Waals surface area contributed by atoms with E-state index in [1.54, 1.807) is 24.3 Å². The molecule has 4 rings (SSSR count). The summed E-state index contributed by atoms with van der Waals surface area (Å²) in [4.78, 5) is 71.6. The fraction of sp³-hybridized carbons (Fsp3) is 0.314. The number of amides is 3. The number of carboxylic acid groups (broad SMARTS) is 2. The molecule has 1 saturated heterocycles. The summed E-state index contributed by atoms with van der Waals surface area (Å²) >= 11 is 0. The highest BCUT2D eigenvalue weighted by molar-refractivity contribution is 5.99. The van der Waals surface area contributed by atoms with Crippen LogP contribution in [0.5, 0.6) is 0 Å². The number of nitro benzene ring substituents is 1. The molecule has 17 nitrogen and oxygen atoms in total. The minimum absolute atomic E-state index is 0.0641. The number of carboxylic acids is 2. The Morgan fingerprint density at radius 3 is 2.06 bits per heavy atom. The number of rotatable bonds is 13. The largest absolute Gasteiger partial charge is 0.481 e. The van der Waals surface area contributed by atoms with Crippen LogP contribution in [0.25, 0.3) is 0 Å². The molecule has 0 spiro atoms. The molecule has 0 saturated carbocycles. The van der Waals surface area contributed by atoms with Crippen LogP contribution in [0, 0.1) is 15.5 Å². The number of hydrogen-bond acceptors (Lipinski definition) is 9. The highest BCUT2D eigenvalue weighted by Gasteiger charge is 2.36. The second kappa shape index (κ2) is 21.5. The van der Waals surface area contributed by atoms with Gasteiger partial charge in [0, 0.05) is 49.8 Å². The van der Waals surface area contributed by atoms with Crippen LogP contribution in [0.15, 0.2) is 84.9 Å². The number of aliphatic carboxylic acids is 2. The summed E-state index contributed by atoms with van der Waals surface area (Å²) in [7, 11) is 0. The number of carbonyl (C=O) groups excluding carboxylic acids is 3. The fourth-order valence-corrected chi connectivity index (χ4v) is 5.01. The maximum Gasteiger partial charge on any atom is 0.326 e. The minimum atomic E-state index is -1.21. The molecule has 0 aromatic heterocycles. The molecule has 3 aromatic carbocycles. The molecule has 1 aliphatic rings. The van der Waals surface area contributed by atoms with Gasteiger partial charge in [-0.05, 0) is 55.5 Å². The van der Waals surface area contributed by atoms with Crippen molar-refractivity contribution in [3.8, 4) is 0 Å². The number of guanidine groups is 1. The van der Waals surface area contributed by atoms with E-state index < -0.39 is 46.8 Å². The average Bonchev–Trinajstić information content (AvgIpc) is 3.60. The van der Waals surface area contributed by atoms with E-state index in [-0.39, 0.29) is 36.9 Å². The van der Waals surface area contributed by atoms with Gasteiger partial charge in [0.2, 0.25) is 11.8 Å². The highest BCUT2D eigenvalue weighted by Crippen LogP contribution is 2.21. The quantitative estimate of drug-likeness (QED) is 0.0315. The highest BCUT2D eigenvalue weighted by atomic mass is 16.6. The third-order valence-corrected chi connectivity index (χ3v) is 7.46. The van der Waals surface area contributed by atoms with E-state index in [0.717, 1.165) is 12.5 Å². The lowest BCUT2D eigenvalue weighted by Gasteiger charge is -2.27. The Morgan fingerprint density at radius 1 is 0.942 bits per heavy atom. The average molecular weight is 721 g/mol. The van der Waals surface area contributed by atoms with Crippen molar-refractivity contribution in [2.24, 2.45) is 5.73 Å². The van der Waals surface area contributed by atoms with Crippen LogP contribution in [0.2, 0.25) is 0 Å². The molecule has 278 valence electrons. The van der Waals surface area contributed by atoms with Crippen LogP contribution in [-0.4, -0.2) is 86.9 Å². The van der Waals surface area contributed by atoms with Gasteiger partial charge in [0.05, 0.1) is 4.92 Å². The SMILES string of the molecule is CC(=O)O.N=C(N)NCCCC(NC(=O)C(Cc1ccccc1)NC(=O)[C@@H]1CCCN1C(=O)c1ccccc1)C(=O)O.Nc1ccc([N+](=O)[O-])cc1. The number of nitrogens with two attached hydrogens (primary N) is 2. The van der Waals surface area contributed by atoms with E-state index in [0.29, 0.717) is 37.1 Å². The molecular formula is C35H44N8O9. The number of nitrogens with zero attached hydrogens (tertiary/aromatic N) is 2. The Kier molecular flexibility index (Phi) is 17.3. The Morgan fingerprint density at radius 2 is 1.52 bits per heavy atom. The molecule has 10 N–H and O–H groups in total. The molecule has 52 heavy (non-hydrogen) atoms. The van der Waals surface area contributed by atoms with Crippen molar-refractivity contribution in [3.63, 3.8) is 0 Å². The van der Waals surface area contributed by atoms with Crippen LogP contribution >= 0.6 is 0 Å². The number of likely N-dealkylation sites (tertiary alicyclic amines) is 1. The lowest BCUT2D eigenvalue weighted by atomic mass is 10.0. The maximum absolute atomic E-state index is 13.3. The first-order valence-electron chi connectivity index (χ1n) is 16.2. The van der Waals surface area contributed by atoms with Gasteiger partial charge in [0.15, 0.2) is 5.96 Å². The lowest BCUT2D eigenvalue weighted by molar-refractivity contribution is -0.384. The van der Waals surface area contributed by atoms with E-state index in [2.05, 4.69) is 16.0 Å². The Hall–Kier alpha value is -6.52. The number of benzene rings is 3. The molecule has 0 aliphatic carbocycles. The molecule has 3 aromatic rings. The second-order valence-corrected chi connectivity index (χ2v) is 11.5. The monoisotopic (exact) mass is 720 g/mol. The number of carbonyl (C=O) groups is 5. The summed E-state index contributed by atoms with van der Waals surface area (Å²) < 4.78 is 0. The van der Waals surface area contributed by atoms with Crippen molar-refractivity contribution in [2.75, 3.05) is 18.8 Å². The summed E-state index contributed by atoms with van der Waals surface area (Å²) in [6, 6.07) is 20.6. The van der Waals surface area contributed by atoms with E-state index in [1.807, 2.05) is 36.4 Å². The van der Waals surface area contributed by atoms with E-state index in [4.69, 9.17) is 26.8 Å². The van der Waals surface area contributed by atoms with Crippen molar-refractivity contribution in [2.45, 2.75) is 57.2 Å². The summed E-state index contributed by atoms with van der Waals surface area (Å²) in [5, 5.41) is 42.2.